The lowest BCUT2D eigenvalue weighted by Gasteiger charge is -2.39. The van der Waals surface area contributed by atoms with Crippen LogP contribution in [0.2, 0.25) is 0 Å². The predicted molar refractivity (Wildman–Crippen MR) is 55.0 cm³/mol. The van der Waals surface area contributed by atoms with E-state index >= 15 is 0 Å². The molecule has 0 saturated carbocycles. The fraction of sp³-hybridized carbons (Fsp3) is 0.889. The molecule has 2 unspecified atom stereocenters. The van der Waals surface area contributed by atoms with E-state index in [9.17, 15) is 4.79 Å². The van der Waals surface area contributed by atoms with Crippen LogP contribution in [0, 0.1) is 0 Å². The van der Waals surface area contributed by atoms with Gasteiger partial charge in [0.05, 0.1) is 0 Å². The molecule has 0 aromatic rings. The molecule has 2 aliphatic rings. The van der Waals surface area contributed by atoms with E-state index in [1.807, 2.05) is 16.7 Å². The van der Waals surface area contributed by atoms with Crippen LogP contribution in [0.25, 0.3) is 0 Å². The maximum absolute atomic E-state index is 11.6. The van der Waals surface area contributed by atoms with E-state index in [0.717, 1.165) is 25.1 Å². The number of carbonyl (C=O) groups is 1. The topological polar surface area (TPSA) is 32.3 Å². The molecule has 3 nitrogen and oxygen atoms in total. The van der Waals surface area contributed by atoms with Gasteiger partial charge in [-0.3, -0.25) is 0 Å². The van der Waals surface area contributed by atoms with Gasteiger partial charge in [0.2, 0.25) is 0 Å². The lowest BCUT2D eigenvalue weighted by Crippen LogP contribution is -2.55. The monoisotopic (exact) mass is 200 g/mol. The Morgan fingerprint density at radius 2 is 2.38 bits per heavy atom. The summed E-state index contributed by atoms with van der Waals surface area (Å²) in [5.41, 5.74) is 0. The number of urea groups is 1. The van der Waals surface area contributed by atoms with E-state index in [4.69, 9.17) is 0 Å². The summed E-state index contributed by atoms with van der Waals surface area (Å²) >= 11 is 1.93. The van der Waals surface area contributed by atoms with Gasteiger partial charge in [-0.25, -0.2) is 4.79 Å². The molecule has 74 valence electrons. The molecule has 2 amide bonds. The molecular weight excluding hydrogens is 184 g/mol. The van der Waals surface area contributed by atoms with Gasteiger partial charge < -0.3 is 10.2 Å². The Bertz CT molecular complexity index is 204. The van der Waals surface area contributed by atoms with E-state index in [1.165, 1.54) is 5.75 Å². The van der Waals surface area contributed by atoms with Gasteiger partial charge in [0.25, 0.3) is 0 Å². The van der Waals surface area contributed by atoms with Crippen molar-refractivity contribution >= 4 is 17.8 Å². The lowest BCUT2D eigenvalue weighted by atomic mass is 10.1. The highest BCUT2D eigenvalue weighted by molar-refractivity contribution is 7.99. The maximum atomic E-state index is 11.6. The predicted octanol–water partition coefficient (Wildman–Crippen LogP) is 1.30. The molecule has 0 aromatic carbocycles. The van der Waals surface area contributed by atoms with Crippen LogP contribution in [0.4, 0.5) is 4.79 Å². The fourth-order valence-electron chi connectivity index (χ4n) is 1.72. The summed E-state index contributed by atoms with van der Waals surface area (Å²) in [6.07, 6.45) is 2.30. The van der Waals surface area contributed by atoms with Gasteiger partial charge in [0.1, 0.15) is 0 Å². The SMILES string of the molecule is CC1CCN1C(=O)NC1CCSC1. The van der Waals surface area contributed by atoms with Crippen molar-refractivity contribution in [3.05, 3.63) is 0 Å². The first kappa shape index (κ1) is 9.19. The average Bonchev–Trinajstić information content (AvgIpc) is 2.54. The molecule has 0 bridgehead atoms. The Morgan fingerprint density at radius 1 is 1.54 bits per heavy atom. The van der Waals surface area contributed by atoms with Crippen molar-refractivity contribution in [2.24, 2.45) is 0 Å². The second kappa shape index (κ2) is 3.78. The highest BCUT2D eigenvalue weighted by Crippen LogP contribution is 2.20. The van der Waals surface area contributed by atoms with E-state index in [2.05, 4.69) is 12.2 Å². The summed E-state index contributed by atoms with van der Waals surface area (Å²) in [6.45, 7) is 3.04. The highest BCUT2D eigenvalue weighted by Gasteiger charge is 2.30. The van der Waals surface area contributed by atoms with Crippen molar-refractivity contribution in [2.75, 3.05) is 18.1 Å². The van der Waals surface area contributed by atoms with Crippen LogP contribution >= 0.6 is 11.8 Å². The molecular formula is C9H16N2OS. The largest absolute Gasteiger partial charge is 0.334 e. The summed E-state index contributed by atoms with van der Waals surface area (Å²) in [5.74, 6) is 2.29. The molecule has 2 saturated heterocycles. The third-order valence-corrected chi connectivity index (χ3v) is 4.00. The molecule has 2 atom stereocenters. The first-order valence-corrected chi connectivity index (χ1v) is 6.07. The van der Waals surface area contributed by atoms with Crippen molar-refractivity contribution in [3.8, 4) is 0 Å². The summed E-state index contributed by atoms with van der Waals surface area (Å²) in [5, 5.41) is 3.08. The number of carbonyl (C=O) groups excluding carboxylic acids is 1. The van der Waals surface area contributed by atoms with Gasteiger partial charge in [0.15, 0.2) is 0 Å². The number of hydrogen-bond acceptors (Lipinski definition) is 2. The van der Waals surface area contributed by atoms with Gasteiger partial charge in [0, 0.05) is 24.4 Å². The third-order valence-electron chi connectivity index (χ3n) is 2.84. The van der Waals surface area contributed by atoms with Crippen LogP contribution in [0.15, 0.2) is 0 Å². The minimum atomic E-state index is 0.145. The summed E-state index contributed by atoms with van der Waals surface area (Å²) in [7, 11) is 0. The van der Waals surface area contributed by atoms with Gasteiger partial charge in [-0.1, -0.05) is 0 Å². The van der Waals surface area contributed by atoms with Crippen LogP contribution < -0.4 is 5.32 Å². The second-order valence-corrected chi connectivity index (χ2v) is 4.99. The van der Waals surface area contributed by atoms with Gasteiger partial charge in [-0.05, 0) is 25.5 Å². The highest BCUT2D eigenvalue weighted by atomic mass is 32.2. The first-order valence-electron chi connectivity index (χ1n) is 4.92. The standard InChI is InChI=1S/C9H16N2OS/c1-7-2-4-11(7)9(12)10-8-3-5-13-6-8/h7-8H,2-6H2,1H3,(H,10,12). The Labute approximate surface area is 83.2 Å². The van der Waals surface area contributed by atoms with E-state index in [1.54, 1.807) is 0 Å². The molecule has 2 aliphatic heterocycles. The molecule has 4 heteroatoms. The summed E-state index contributed by atoms with van der Waals surface area (Å²) in [4.78, 5) is 13.5. The molecule has 1 N–H and O–H groups in total. The average molecular weight is 200 g/mol. The Balaban J connectivity index is 1.77. The molecule has 0 aliphatic carbocycles. The molecule has 0 radical (unpaired) electrons. The second-order valence-electron chi connectivity index (χ2n) is 3.84. The molecule has 0 aromatic heterocycles. The number of rotatable bonds is 1. The Hall–Kier alpha value is -0.380. The number of nitrogens with zero attached hydrogens (tertiary/aromatic N) is 1. The molecule has 0 spiro atoms. The zero-order valence-corrected chi connectivity index (χ0v) is 8.77. The maximum Gasteiger partial charge on any atom is 0.317 e. The van der Waals surface area contributed by atoms with Gasteiger partial charge in [-0.15, -0.1) is 0 Å². The smallest absolute Gasteiger partial charge is 0.317 e. The lowest BCUT2D eigenvalue weighted by molar-refractivity contribution is 0.123. The molecule has 2 rings (SSSR count). The third kappa shape index (κ3) is 1.93. The fourth-order valence-corrected chi connectivity index (χ4v) is 2.88. The van der Waals surface area contributed by atoms with Gasteiger partial charge in [-0.2, -0.15) is 11.8 Å². The number of thioether (sulfide) groups is 1. The minimum Gasteiger partial charge on any atom is -0.334 e. The quantitative estimate of drug-likeness (QED) is 0.692. The van der Waals surface area contributed by atoms with Crippen molar-refractivity contribution in [1.29, 1.82) is 0 Å². The van der Waals surface area contributed by atoms with Gasteiger partial charge >= 0.3 is 6.03 Å². The van der Waals surface area contributed by atoms with Crippen molar-refractivity contribution < 1.29 is 4.79 Å². The van der Waals surface area contributed by atoms with Crippen molar-refractivity contribution in [2.45, 2.75) is 31.8 Å². The van der Waals surface area contributed by atoms with E-state index < -0.39 is 0 Å². The first-order chi connectivity index (χ1) is 6.27. The van der Waals surface area contributed by atoms with Crippen LogP contribution in [0.5, 0.6) is 0 Å². The van der Waals surface area contributed by atoms with Crippen LogP contribution in [0.1, 0.15) is 19.8 Å². The van der Waals surface area contributed by atoms with Crippen LogP contribution in [-0.2, 0) is 0 Å². The minimum absolute atomic E-state index is 0.145. The van der Waals surface area contributed by atoms with Crippen molar-refractivity contribution in [1.82, 2.24) is 10.2 Å². The number of likely N-dealkylation sites (tertiary alicyclic amines) is 1. The Kier molecular flexibility index (Phi) is 2.67. The van der Waals surface area contributed by atoms with E-state index in [-0.39, 0.29) is 6.03 Å². The van der Waals surface area contributed by atoms with Crippen LogP contribution in [-0.4, -0.2) is 41.1 Å². The van der Waals surface area contributed by atoms with Crippen LogP contribution in [0.3, 0.4) is 0 Å². The molecule has 2 fully saturated rings. The Morgan fingerprint density at radius 3 is 2.85 bits per heavy atom. The number of nitrogens with one attached hydrogen (secondary N) is 1. The number of amides is 2. The summed E-state index contributed by atoms with van der Waals surface area (Å²) < 4.78 is 0. The molecule has 2 heterocycles. The molecule has 13 heavy (non-hydrogen) atoms. The normalized spacial score (nSPS) is 32.8. The van der Waals surface area contributed by atoms with Crippen molar-refractivity contribution in [3.63, 3.8) is 0 Å². The zero-order chi connectivity index (χ0) is 9.26. The summed E-state index contributed by atoms with van der Waals surface area (Å²) in [6, 6.07) is 1.02. The van der Waals surface area contributed by atoms with E-state index in [0.29, 0.717) is 12.1 Å². The zero-order valence-electron chi connectivity index (χ0n) is 7.95. The number of hydrogen-bond donors (Lipinski definition) is 1.